The van der Waals surface area contributed by atoms with Crippen LogP contribution >= 0.6 is 0 Å². The van der Waals surface area contributed by atoms with Gasteiger partial charge in [-0.1, -0.05) is 18.2 Å². The Kier molecular flexibility index (Phi) is 3.83. The van der Waals surface area contributed by atoms with Gasteiger partial charge in [0.1, 0.15) is 6.10 Å². The van der Waals surface area contributed by atoms with E-state index in [4.69, 9.17) is 0 Å². The molecule has 26 heavy (non-hydrogen) atoms. The molecule has 136 valence electrons. The lowest BCUT2D eigenvalue weighted by Crippen LogP contribution is -2.42. The second kappa shape index (κ2) is 6.21. The van der Waals surface area contributed by atoms with Gasteiger partial charge >= 0.3 is 0 Å². The summed E-state index contributed by atoms with van der Waals surface area (Å²) in [6, 6.07) is 10.2. The third-order valence-corrected chi connectivity index (χ3v) is 5.81. The first-order valence-corrected chi connectivity index (χ1v) is 9.54. The summed E-state index contributed by atoms with van der Waals surface area (Å²) in [5.74, 6) is 0.557. The van der Waals surface area contributed by atoms with Crippen LogP contribution in [-0.4, -0.2) is 45.3 Å². The number of hydrogen-bond donors (Lipinski definition) is 1. The summed E-state index contributed by atoms with van der Waals surface area (Å²) >= 11 is 0. The van der Waals surface area contributed by atoms with E-state index < -0.39 is 6.10 Å². The predicted molar refractivity (Wildman–Crippen MR) is 97.7 cm³/mol. The average molecular weight is 352 g/mol. The maximum absolute atomic E-state index is 12.8. The molecule has 1 atom stereocenters. The number of aliphatic hydroxyl groups excluding tert-OH is 1. The molecule has 0 saturated heterocycles. The Balaban J connectivity index is 1.26. The normalized spacial score (nSPS) is 20.7. The van der Waals surface area contributed by atoms with E-state index >= 15 is 0 Å². The molecule has 3 aliphatic rings. The van der Waals surface area contributed by atoms with Gasteiger partial charge in [0.2, 0.25) is 5.91 Å². The van der Waals surface area contributed by atoms with Crippen molar-refractivity contribution in [3.8, 4) is 0 Å². The van der Waals surface area contributed by atoms with Crippen LogP contribution in [0.4, 0.5) is 5.69 Å². The number of benzene rings is 1. The Morgan fingerprint density at radius 1 is 1.23 bits per heavy atom. The average Bonchev–Trinajstić information content (AvgIpc) is 3.27. The number of carbonyl (C=O) groups excluding carboxylic acids is 1. The maximum atomic E-state index is 12.8. The summed E-state index contributed by atoms with van der Waals surface area (Å²) < 4.78 is 1.99. The van der Waals surface area contributed by atoms with Gasteiger partial charge in [-0.2, -0.15) is 5.10 Å². The molecule has 2 aliphatic heterocycles. The minimum absolute atomic E-state index is 0.168. The van der Waals surface area contributed by atoms with Crippen LogP contribution in [0.3, 0.4) is 0 Å². The smallest absolute Gasteiger partial charge is 0.241 e. The van der Waals surface area contributed by atoms with Crippen molar-refractivity contribution in [2.75, 3.05) is 24.5 Å². The Morgan fingerprint density at radius 2 is 2.08 bits per heavy atom. The Bertz CT molecular complexity index is 842. The van der Waals surface area contributed by atoms with Gasteiger partial charge in [0.15, 0.2) is 0 Å². The van der Waals surface area contributed by atoms with E-state index in [2.05, 4.69) is 16.1 Å². The lowest BCUT2D eigenvalue weighted by atomic mass is 10.1. The number of amides is 1. The third kappa shape index (κ3) is 2.83. The van der Waals surface area contributed by atoms with Gasteiger partial charge in [-0.3, -0.25) is 14.4 Å². The fourth-order valence-electron chi connectivity index (χ4n) is 4.15. The lowest BCUT2D eigenvalue weighted by Gasteiger charge is -2.28. The number of nitrogens with zero attached hydrogens (tertiary/aromatic N) is 4. The quantitative estimate of drug-likeness (QED) is 0.910. The van der Waals surface area contributed by atoms with Crippen LogP contribution in [0.5, 0.6) is 0 Å². The van der Waals surface area contributed by atoms with Crippen LogP contribution < -0.4 is 4.90 Å². The molecule has 1 aromatic carbocycles. The standard InChI is InChI=1S/C20H24N4O2/c25-19(23-8-7-14-3-1-2-4-18(14)23)13-22-9-10-24-16(12-22)11-17(21-24)20(26)15-5-6-15/h1-4,11,15,20,26H,5-10,12-13H2. The number of carbonyl (C=O) groups is 1. The molecule has 0 spiro atoms. The molecule has 2 aromatic rings. The summed E-state index contributed by atoms with van der Waals surface area (Å²) in [5, 5.41) is 14.9. The number of fused-ring (bicyclic) bond motifs is 2. The number of anilines is 1. The Morgan fingerprint density at radius 3 is 2.92 bits per heavy atom. The minimum Gasteiger partial charge on any atom is -0.386 e. The van der Waals surface area contributed by atoms with Crippen LogP contribution in [-0.2, 0) is 24.3 Å². The Labute approximate surface area is 153 Å². The van der Waals surface area contributed by atoms with Crippen molar-refractivity contribution < 1.29 is 9.90 Å². The zero-order valence-electron chi connectivity index (χ0n) is 14.8. The number of hydrogen-bond acceptors (Lipinski definition) is 4. The first-order chi connectivity index (χ1) is 12.7. The van der Waals surface area contributed by atoms with E-state index in [1.807, 2.05) is 33.8 Å². The highest BCUT2D eigenvalue weighted by atomic mass is 16.3. The topological polar surface area (TPSA) is 61.6 Å². The van der Waals surface area contributed by atoms with E-state index in [9.17, 15) is 9.90 Å². The van der Waals surface area contributed by atoms with Crippen molar-refractivity contribution in [3.05, 3.63) is 47.3 Å². The van der Waals surface area contributed by atoms with Crippen LogP contribution in [0.2, 0.25) is 0 Å². The number of para-hydroxylation sites is 1. The molecule has 0 radical (unpaired) electrons. The van der Waals surface area contributed by atoms with Crippen molar-refractivity contribution in [2.45, 2.75) is 38.5 Å². The first kappa shape index (κ1) is 16.0. The van der Waals surface area contributed by atoms with Crippen LogP contribution in [0, 0.1) is 5.92 Å². The van der Waals surface area contributed by atoms with Gasteiger partial charge in [-0.15, -0.1) is 0 Å². The Hall–Kier alpha value is -2.18. The van der Waals surface area contributed by atoms with E-state index in [1.54, 1.807) is 0 Å². The van der Waals surface area contributed by atoms with Crippen molar-refractivity contribution in [1.82, 2.24) is 14.7 Å². The van der Waals surface area contributed by atoms with Crippen molar-refractivity contribution in [2.24, 2.45) is 5.92 Å². The highest BCUT2D eigenvalue weighted by molar-refractivity contribution is 5.96. The van der Waals surface area contributed by atoms with E-state index in [0.717, 1.165) is 56.0 Å². The molecule has 1 fully saturated rings. The first-order valence-electron chi connectivity index (χ1n) is 9.54. The van der Waals surface area contributed by atoms with Gasteiger partial charge in [-0.05, 0) is 42.9 Å². The largest absolute Gasteiger partial charge is 0.386 e. The highest BCUT2D eigenvalue weighted by Gasteiger charge is 2.34. The van der Waals surface area contributed by atoms with Crippen LogP contribution in [0.1, 0.15) is 35.9 Å². The molecule has 6 nitrogen and oxygen atoms in total. The molecule has 0 bridgehead atoms. The molecule has 1 aliphatic carbocycles. The lowest BCUT2D eigenvalue weighted by molar-refractivity contribution is -0.120. The summed E-state index contributed by atoms with van der Waals surface area (Å²) in [6.07, 6.45) is 2.71. The number of aliphatic hydroxyl groups is 1. The molecule has 1 unspecified atom stereocenters. The number of rotatable bonds is 4. The molecule has 1 N–H and O–H groups in total. The van der Waals surface area contributed by atoms with E-state index in [0.29, 0.717) is 19.0 Å². The summed E-state index contributed by atoms with van der Waals surface area (Å²) in [7, 11) is 0. The van der Waals surface area contributed by atoms with Crippen LogP contribution in [0.25, 0.3) is 0 Å². The molecule has 1 aromatic heterocycles. The third-order valence-electron chi connectivity index (χ3n) is 5.81. The minimum atomic E-state index is -0.427. The summed E-state index contributed by atoms with van der Waals surface area (Å²) in [4.78, 5) is 16.9. The predicted octanol–water partition coefficient (Wildman–Crippen LogP) is 1.73. The molecule has 6 heteroatoms. The maximum Gasteiger partial charge on any atom is 0.241 e. The van der Waals surface area contributed by atoms with Crippen molar-refractivity contribution in [1.29, 1.82) is 0 Å². The fourth-order valence-corrected chi connectivity index (χ4v) is 4.15. The molecule has 5 rings (SSSR count). The fraction of sp³-hybridized carbons (Fsp3) is 0.500. The molecular weight excluding hydrogens is 328 g/mol. The second-order valence-corrected chi connectivity index (χ2v) is 7.70. The van der Waals surface area contributed by atoms with Gasteiger partial charge < -0.3 is 10.0 Å². The van der Waals surface area contributed by atoms with Crippen molar-refractivity contribution >= 4 is 11.6 Å². The summed E-state index contributed by atoms with van der Waals surface area (Å²) in [5.41, 5.74) is 4.22. The molecule has 3 heterocycles. The molecule has 1 saturated carbocycles. The van der Waals surface area contributed by atoms with Crippen LogP contribution in [0.15, 0.2) is 30.3 Å². The van der Waals surface area contributed by atoms with Gasteiger partial charge in [0.25, 0.3) is 0 Å². The summed E-state index contributed by atoms with van der Waals surface area (Å²) in [6.45, 7) is 3.51. The SMILES string of the molecule is O=C(CN1CCn2nc(C(O)C3CC3)cc2C1)N1CCc2ccccc21. The van der Waals surface area contributed by atoms with E-state index in [-0.39, 0.29) is 5.91 Å². The van der Waals surface area contributed by atoms with Crippen molar-refractivity contribution in [3.63, 3.8) is 0 Å². The highest BCUT2D eigenvalue weighted by Crippen LogP contribution is 2.40. The second-order valence-electron chi connectivity index (χ2n) is 7.70. The molecule has 1 amide bonds. The number of aromatic nitrogens is 2. The molecular formula is C20H24N4O2. The van der Waals surface area contributed by atoms with E-state index in [1.165, 1.54) is 5.56 Å². The van der Waals surface area contributed by atoms with Gasteiger partial charge in [0, 0.05) is 25.3 Å². The monoisotopic (exact) mass is 352 g/mol. The van der Waals surface area contributed by atoms with Gasteiger partial charge in [-0.25, -0.2) is 0 Å². The zero-order valence-corrected chi connectivity index (χ0v) is 14.8. The van der Waals surface area contributed by atoms with Gasteiger partial charge in [0.05, 0.1) is 24.5 Å². The zero-order chi connectivity index (χ0) is 17.7.